The summed E-state index contributed by atoms with van der Waals surface area (Å²) >= 11 is 0. The van der Waals surface area contributed by atoms with Crippen LogP contribution in [0.4, 0.5) is 0 Å². The lowest BCUT2D eigenvalue weighted by atomic mass is 9.78. The topological polar surface area (TPSA) is 64.8 Å². The van der Waals surface area contributed by atoms with Crippen molar-refractivity contribution in [3.05, 3.63) is 106 Å². The summed E-state index contributed by atoms with van der Waals surface area (Å²) in [5, 5.41) is 0. The fourth-order valence-electron chi connectivity index (χ4n) is 6.25. The first kappa shape index (κ1) is 29.0. The monoisotopic (exact) mass is 597 g/mol. The zero-order chi connectivity index (χ0) is 31.2. The summed E-state index contributed by atoms with van der Waals surface area (Å²) in [5.41, 5.74) is 12.3. The summed E-state index contributed by atoms with van der Waals surface area (Å²) in [6, 6.07) is 26.1. The predicted molar refractivity (Wildman–Crippen MR) is 183 cm³/mol. The van der Waals surface area contributed by atoms with E-state index in [2.05, 4.69) is 114 Å². The Balaban J connectivity index is 1.74. The first-order valence-electron chi connectivity index (χ1n) is 15.8. The Labute approximate surface area is 265 Å². The zero-order valence-corrected chi connectivity index (χ0v) is 26.8. The minimum absolute atomic E-state index is 0.0283. The van der Waals surface area contributed by atoms with Gasteiger partial charge in [-0.25, -0.2) is 15.0 Å². The molecule has 0 aromatic heterocycles. The maximum atomic E-state index is 6.45. The third-order valence-electron chi connectivity index (χ3n) is 8.56. The van der Waals surface area contributed by atoms with Gasteiger partial charge in [-0.05, 0) is 58.2 Å². The van der Waals surface area contributed by atoms with E-state index in [9.17, 15) is 0 Å². The molecule has 7 rings (SSSR count). The third-order valence-corrected chi connectivity index (χ3v) is 8.56. The molecule has 6 nitrogen and oxygen atoms in total. The van der Waals surface area contributed by atoms with Crippen LogP contribution in [0, 0.1) is 20.8 Å². The summed E-state index contributed by atoms with van der Waals surface area (Å²) in [6.45, 7) is 14.1. The van der Waals surface area contributed by atoms with Gasteiger partial charge in [-0.2, -0.15) is 0 Å². The number of hydrogen-bond donors (Lipinski definition) is 0. The lowest BCUT2D eigenvalue weighted by Gasteiger charge is -2.27. The largest absolute Gasteiger partial charge is 0.475 e. The van der Waals surface area contributed by atoms with Crippen LogP contribution in [0.1, 0.15) is 54.2 Å². The van der Waals surface area contributed by atoms with E-state index in [1.165, 1.54) is 16.7 Å². The van der Waals surface area contributed by atoms with Crippen LogP contribution in [0.5, 0.6) is 0 Å². The van der Waals surface area contributed by atoms with Crippen LogP contribution in [-0.2, 0) is 14.2 Å². The van der Waals surface area contributed by atoms with Gasteiger partial charge >= 0.3 is 0 Å². The quantitative estimate of drug-likeness (QED) is 0.226. The first-order valence-corrected chi connectivity index (χ1v) is 15.8. The van der Waals surface area contributed by atoms with Gasteiger partial charge in [0.05, 0.1) is 34.8 Å². The fourth-order valence-corrected chi connectivity index (χ4v) is 6.25. The number of aryl methyl sites for hydroxylation is 3. The summed E-state index contributed by atoms with van der Waals surface area (Å²) < 4.78 is 19.4. The van der Waals surface area contributed by atoms with Crippen molar-refractivity contribution in [2.75, 3.05) is 19.8 Å². The Hall–Kier alpha value is -4.71. The van der Waals surface area contributed by atoms with E-state index in [0.717, 1.165) is 50.1 Å². The molecule has 0 N–H and O–H groups in total. The van der Waals surface area contributed by atoms with Gasteiger partial charge in [-0.15, -0.1) is 0 Å². The van der Waals surface area contributed by atoms with Crippen LogP contribution in [0.2, 0.25) is 0 Å². The lowest BCUT2D eigenvalue weighted by Crippen LogP contribution is -2.19. The average Bonchev–Trinajstić information content (AvgIpc) is 3.78. The van der Waals surface area contributed by atoms with Gasteiger partial charge in [0.25, 0.3) is 0 Å². The van der Waals surface area contributed by atoms with Crippen molar-refractivity contribution < 1.29 is 14.2 Å². The zero-order valence-electron chi connectivity index (χ0n) is 26.8. The van der Waals surface area contributed by atoms with Gasteiger partial charge in [-0.3, -0.25) is 0 Å². The summed E-state index contributed by atoms with van der Waals surface area (Å²) in [4.78, 5) is 15.2. The molecular formula is C39H39N3O3. The number of hydrogen-bond acceptors (Lipinski definition) is 6. The highest BCUT2D eigenvalue weighted by molar-refractivity contribution is 6.23. The minimum atomic E-state index is 0.0283. The highest BCUT2D eigenvalue weighted by atomic mass is 16.5. The second-order valence-electron chi connectivity index (χ2n) is 12.6. The van der Waals surface area contributed by atoms with Gasteiger partial charge < -0.3 is 14.2 Å². The maximum Gasteiger partial charge on any atom is 0.217 e. The molecule has 0 fully saturated rings. The molecule has 228 valence electrons. The van der Waals surface area contributed by atoms with E-state index in [4.69, 9.17) is 29.2 Å². The van der Waals surface area contributed by atoms with Gasteiger partial charge in [0.15, 0.2) is 0 Å². The highest BCUT2D eigenvalue weighted by Gasteiger charge is 2.37. The van der Waals surface area contributed by atoms with Gasteiger partial charge in [-0.1, -0.05) is 89.5 Å². The van der Waals surface area contributed by atoms with Crippen molar-refractivity contribution in [1.82, 2.24) is 0 Å². The Kier molecular flexibility index (Phi) is 7.52. The lowest BCUT2D eigenvalue weighted by molar-refractivity contribution is 0.322. The molecule has 4 aromatic rings. The number of rotatable bonds is 6. The van der Waals surface area contributed by atoms with Gasteiger partial charge in [0.1, 0.15) is 19.8 Å². The third kappa shape index (κ3) is 5.43. The summed E-state index contributed by atoms with van der Waals surface area (Å²) in [7, 11) is 0. The van der Waals surface area contributed by atoms with Crippen molar-refractivity contribution >= 4 is 17.7 Å². The molecule has 0 radical (unpaired) electrons. The van der Waals surface area contributed by atoms with E-state index in [1.807, 2.05) is 0 Å². The second-order valence-corrected chi connectivity index (χ2v) is 12.6. The molecule has 3 heterocycles. The van der Waals surface area contributed by atoms with Crippen molar-refractivity contribution in [2.45, 2.75) is 59.7 Å². The molecule has 0 spiro atoms. The predicted octanol–water partition coefficient (Wildman–Crippen LogP) is 8.11. The summed E-state index contributed by atoms with van der Waals surface area (Å²) in [5.74, 6) is 1.85. The van der Waals surface area contributed by atoms with Crippen LogP contribution in [-0.4, -0.2) is 55.6 Å². The van der Waals surface area contributed by atoms with Crippen LogP contribution >= 0.6 is 0 Å². The van der Waals surface area contributed by atoms with E-state index >= 15 is 0 Å². The molecule has 0 saturated carbocycles. The molecule has 0 bridgehead atoms. The molecule has 3 aliphatic heterocycles. The Morgan fingerprint density at radius 3 is 0.844 bits per heavy atom. The van der Waals surface area contributed by atoms with E-state index in [0.29, 0.717) is 37.5 Å². The Bertz CT molecular complexity index is 1610. The number of benzene rings is 4. The SMILES string of the molecule is Cc1ccc(-c2c(C3=N[C@@H](C)CO3)c(-c3ccc(C)cc3)c(C3=N[C@@H](C)CO3)c(-c3ccc(C)cc3)c2C2=N[C@@H](C)CO2)cc1. The van der Waals surface area contributed by atoms with E-state index in [1.54, 1.807) is 0 Å². The molecular weight excluding hydrogens is 558 g/mol. The molecule has 4 aromatic carbocycles. The molecule has 3 aliphatic rings. The van der Waals surface area contributed by atoms with Crippen molar-refractivity contribution in [1.29, 1.82) is 0 Å². The van der Waals surface area contributed by atoms with Crippen molar-refractivity contribution in [3.8, 4) is 33.4 Å². The smallest absolute Gasteiger partial charge is 0.217 e. The van der Waals surface area contributed by atoms with Gasteiger partial charge in [0, 0.05) is 16.7 Å². The standard InChI is InChI=1S/C39H39N3O3/c1-22-7-13-28(14-8-22)31-34(37-40-25(4)19-43-37)32(29-15-9-23(2)10-16-29)36(39-42-27(6)21-45-39)33(30-17-11-24(3)12-18-30)35(31)38-41-26(5)20-44-38/h7-18,25-27H,19-21H2,1-6H3/t25-,26-,27-/m0/s1. The van der Waals surface area contributed by atoms with Crippen molar-refractivity contribution in [3.63, 3.8) is 0 Å². The van der Waals surface area contributed by atoms with E-state index < -0.39 is 0 Å². The van der Waals surface area contributed by atoms with Crippen LogP contribution in [0.3, 0.4) is 0 Å². The molecule has 45 heavy (non-hydrogen) atoms. The van der Waals surface area contributed by atoms with Gasteiger partial charge in [0.2, 0.25) is 17.7 Å². The highest BCUT2D eigenvalue weighted by Crippen LogP contribution is 2.47. The molecule has 0 saturated heterocycles. The molecule has 0 unspecified atom stereocenters. The number of nitrogens with zero attached hydrogens (tertiary/aromatic N) is 3. The maximum absolute atomic E-state index is 6.45. The Morgan fingerprint density at radius 1 is 0.400 bits per heavy atom. The molecule has 3 atom stereocenters. The number of aliphatic imine (C=N–C) groups is 3. The number of ether oxygens (including phenoxy) is 3. The van der Waals surface area contributed by atoms with Crippen LogP contribution in [0.15, 0.2) is 87.8 Å². The Morgan fingerprint density at radius 2 is 0.644 bits per heavy atom. The normalized spacial score (nSPS) is 20.7. The minimum Gasteiger partial charge on any atom is -0.475 e. The summed E-state index contributed by atoms with van der Waals surface area (Å²) in [6.07, 6.45) is 0. The molecule has 6 heteroatoms. The second kappa shape index (κ2) is 11.7. The molecule has 0 amide bonds. The fraction of sp³-hybridized carbons (Fsp3) is 0.308. The average molecular weight is 598 g/mol. The van der Waals surface area contributed by atoms with Crippen LogP contribution < -0.4 is 0 Å². The van der Waals surface area contributed by atoms with Crippen molar-refractivity contribution in [2.24, 2.45) is 15.0 Å². The first-order chi connectivity index (χ1) is 21.8. The molecule has 0 aliphatic carbocycles. The van der Waals surface area contributed by atoms with E-state index in [-0.39, 0.29) is 18.1 Å². The van der Waals surface area contributed by atoms with Crippen LogP contribution in [0.25, 0.3) is 33.4 Å².